The Hall–Kier alpha value is -1.04. The molecule has 0 radical (unpaired) electrons. The minimum atomic E-state index is 0.0500. The van der Waals surface area contributed by atoms with Crippen molar-refractivity contribution in [1.29, 1.82) is 5.26 Å². The largest absolute Gasteiger partial charge is 0.352 e. The van der Waals surface area contributed by atoms with Gasteiger partial charge in [-0.2, -0.15) is 5.26 Å². The molecular weight excluding hydrogens is 224 g/mol. The van der Waals surface area contributed by atoms with Gasteiger partial charge < -0.3 is 5.32 Å². The zero-order valence-electron chi connectivity index (χ0n) is 10.9. The summed E-state index contributed by atoms with van der Waals surface area (Å²) in [6, 6.07) is 2.45. The normalized spacial score (nSPS) is 41.8. The molecule has 0 heterocycles. The second kappa shape index (κ2) is 4.91. The molecule has 18 heavy (non-hydrogen) atoms. The van der Waals surface area contributed by atoms with Crippen molar-refractivity contribution in [2.75, 3.05) is 0 Å². The maximum atomic E-state index is 12.1. The van der Waals surface area contributed by atoms with Gasteiger partial charge in [-0.25, -0.2) is 0 Å². The Bertz CT molecular complexity index is 373. The summed E-state index contributed by atoms with van der Waals surface area (Å²) in [4.78, 5) is 12.1. The Balaban J connectivity index is 1.49. The molecule has 3 aliphatic rings. The molecule has 3 aliphatic carbocycles. The van der Waals surface area contributed by atoms with Crippen LogP contribution in [0.1, 0.15) is 51.4 Å². The number of fused-ring (bicyclic) bond motifs is 2. The van der Waals surface area contributed by atoms with Gasteiger partial charge in [-0.1, -0.05) is 6.42 Å². The molecule has 3 rings (SSSR count). The number of carbonyl (C=O) groups excluding carboxylic acids is 1. The van der Waals surface area contributed by atoms with E-state index in [1.165, 1.54) is 25.7 Å². The van der Waals surface area contributed by atoms with Gasteiger partial charge in [0.1, 0.15) is 0 Å². The third kappa shape index (κ3) is 2.25. The van der Waals surface area contributed by atoms with Crippen LogP contribution in [0, 0.1) is 35.0 Å². The smallest absolute Gasteiger partial charge is 0.220 e. The van der Waals surface area contributed by atoms with Gasteiger partial charge in [0.15, 0.2) is 0 Å². The van der Waals surface area contributed by atoms with E-state index in [2.05, 4.69) is 11.4 Å². The van der Waals surface area contributed by atoms with Crippen molar-refractivity contribution >= 4 is 5.91 Å². The van der Waals surface area contributed by atoms with Gasteiger partial charge in [0.05, 0.1) is 12.0 Å². The van der Waals surface area contributed by atoms with Crippen molar-refractivity contribution < 1.29 is 4.79 Å². The fourth-order valence-electron chi connectivity index (χ4n) is 4.42. The highest BCUT2D eigenvalue weighted by molar-refractivity contribution is 5.76. The van der Waals surface area contributed by atoms with Crippen molar-refractivity contribution in [2.45, 2.75) is 57.4 Å². The number of amides is 1. The highest BCUT2D eigenvalue weighted by Gasteiger charge is 2.40. The summed E-state index contributed by atoms with van der Waals surface area (Å²) < 4.78 is 0. The molecule has 3 nitrogen and oxygen atoms in total. The van der Waals surface area contributed by atoms with Gasteiger partial charge in [-0.05, 0) is 56.3 Å². The lowest BCUT2D eigenvalue weighted by Gasteiger charge is -2.22. The molecule has 0 aromatic rings. The molecule has 0 aromatic carbocycles. The molecule has 3 fully saturated rings. The monoisotopic (exact) mass is 246 g/mol. The molecule has 5 atom stereocenters. The quantitative estimate of drug-likeness (QED) is 0.832. The lowest BCUT2D eigenvalue weighted by Crippen LogP contribution is -2.38. The van der Waals surface area contributed by atoms with Crippen LogP contribution in [0.15, 0.2) is 0 Å². The summed E-state index contributed by atoms with van der Waals surface area (Å²) in [5.74, 6) is 2.60. The number of carbonyl (C=O) groups is 1. The average Bonchev–Trinajstić information content (AvgIpc) is 3.04. The van der Waals surface area contributed by atoms with Crippen LogP contribution in [0.5, 0.6) is 0 Å². The van der Waals surface area contributed by atoms with Crippen LogP contribution in [0.3, 0.4) is 0 Å². The van der Waals surface area contributed by atoms with E-state index in [1.54, 1.807) is 0 Å². The lowest BCUT2D eigenvalue weighted by molar-refractivity contribution is -0.123. The Morgan fingerprint density at radius 3 is 2.78 bits per heavy atom. The molecule has 1 amide bonds. The van der Waals surface area contributed by atoms with Gasteiger partial charge in [0.2, 0.25) is 5.91 Å². The first-order valence-electron chi connectivity index (χ1n) is 7.45. The van der Waals surface area contributed by atoms with Crippen LogP contribution >= 0.6 is 0 Å². The maximum Gasteiger partial charge on any atom is 0.220 e. The van der Waals surface area contributed by atoms with E-state index in [-0.39, 0.29) is 17.9 Å². The van der Waals surface area contributed by atoms with Crippen molar-refractivity contribution in [3.05, 3.63) is 0 Å². The van der Waals surface area contributed by atoms with Crippen molar-refractivity contribution in [3.8, 4) is 6.07 Å². The average molecular weight is 246 g/mol. The van der Waals surface area contributed by atoms with E-state index < -0.39 is 0 Å². The van der Waals surface area contributed by atoms with E-state index in [4.69, 9.17) is 5.26 Å². The van der Waals surface area contributed by atoms with Crippen LogP contribution in [0.25, 0.3) is 0 Å². The van der Waals surface area contributed by atoms with Gasteiger partial charge in [0.25, 0.3) is 0 Å². The molecule has 0 aliphatic heterocycles. The molecule has 0 spiro atoms. The number of nitriles is 1. The molecule has 98 valence electrons. The van der Waals surface area contributed by atoms with Crippen LogP contribution in [0.2, 0.25) is 0 Å². The molecule has 1 N–H and O–H groups in total. The van der Waals surface area contributed by atoms with Crippen molar-refractivity contribution in [2.24, 2.45) is 23.7 Å². The minimum Gasteiger partial charge on any atom is -0.352 e. The molecule has 3 heteroatoms. The fraction of sp³-hybridized carbons (Fsp3) is 0.867. The van der Waals surface area contributed by atoms with Crippen LogP contribution in [-0.4, -0.2) is 11.9 Å². The Morgan fingerprint density at radius 1 is 1.22 bits per heavy atom. The van der Waals surface area contributed by atoms with Gasteiger partial charge >= 0.3 is 0 Å². The van der Waals surface area contributed by atoms with Gasteiger partial charge in [-0.15, -0.1) is 0 Å². The van der Waals surface area contributed by atoms with E-state index >= 15 is 0 Å². The zero-order chi connectivity index (χ0) is 12.5. The highest BCUT2D eigenvalue weighted by Crippen LogP contribution is 2.49. The predicted molar refractivity (Wildman–Crippen MR) is 68.4 cm³/mol. The first-order chi connectivity index (χ1) is 8.76. The van der Waals surface area contributed by atoms with E-state index in [0.717, 1.165) is 31.1 Å². The minimum absolute atomic E-state index is 0.0500. The van der Waals surface area contributed by atoms with Gasteiger partial charge in [-0.3, -0.25) is 4.79 Å². The molecule has 5 unspecified atom stereocenters. The van der Waals surface area contributed by atoms with Crippen molar-refractivity contribution in [3.63, 3.8) is 0 Å². The van der Waals surface area contributed by atoms with E-state index in [9.17, 15) is 4.79 Å². The number of nitrogens with one attached hydrogen (secondary N) is 1. The number of hydrogen-bond donors (Lipinski definition) is 1. The summed E-state index contributed by atoms with van der Waals surface area (Å²) in [7, 11) is 0. The molecular formula is C15H22N2O. The van der Waals surface area contributed by atoms with Gasteiger partial charge in [0, 0.05) is 12.5 Å². The molecule has 2 bridgehead atoms. The first-order valence-corrected chi connectivity index (χ1v) is 7.45. The number of hydrogen-bond acceptors (Lipinski definition) is 2. The topological polar surface area (TPSA) is 52.9 Å². The number of rotatable bonds is 3. The van der Waals surface area contributed by atoms with Crippen LogP contribution in [0.4, 0.5) is 0 Å². The summed E-state index contributed by atoms with van der Waals surface area (Å²) in [5, 5.41) is 12.1. The second-order valence-corrected chi connectivity index (χ2v) is 6.48. The molecule has 0 saturated heterocycles. The summed E-state index contributed by atoms with van der Waals surface area (Å²) in [6.45, 7) is 0. The van der Waals surface area contributed by atoms with E-state index in [0.29, 0.717) is 12.3 Å². The SMILES string of the molecule is N#CC1CCCC1NC(=O)CC1CC2CCC1C2. The Labute approximate surface area is 109 Å². The van der Waals surface area contributed by atoms with Crippen LogP contribution < -0.4 is 5.32 Å². The van der Waals surface area contributed by atoms with Crippen LogP contribution in [-0.2, 0) is 4.79 Å². The second-order valence-electron chi connectivity index (χ2n) is 6.48. The summed E-state index contributed by atoms with van der Waals surface area (Å²) in [6.07, 6.45) is 9.09. The Morgan fingerprint density at radius 2 is 2.11 bits per heavy atom. The first kappa shape index (κ1) is 12.0. The third-order valence-electron chi connectivity index (χ3n) is 5.36. The highest BCUT2D eigenvalue weighted by atomic mass is 16.1. The molecule has 0 aromatic heterocycles. The molecule has 3 saturated carbocycles. The number of nitrogens with zero attached hydrogens (tertiary/aromatic N) is 1. The standard InChI is InChI=1S/C15H22N2O/c16-9-12-2-1-3-14(12)17-15(18)8-13-7-10-4-5-11(13)6-10/h10-14H,1-8H2,(H,17,18). The van der Waals surface area contributed by atoms with E-state index in [1.807, 2.05) is 0 Å². The maximum absolute atomic E-state index is 12.1. The fourth-order valence-corrected chi connectivity index (χ4v) is 4.42. The summed E-state index contributed by atoms with van der Waals surface area (Å²) >= 11 is 0. The lowest BCUT2D eigenvalue weighted by atomic mass is 9.86. The summed E-state index contributed by atoms with van der Waals surface area (Å²) in [5.41, 5.74) is 0. The zero-order valence-corrected chi connectivity index (χ0v) is 10.9. The van der Waals surface area contributed by atoms with Crippen molar-refractivity contribution in [1.82, 2.24) is 5.32 Å². The third-order valence-corrected chi connectivity index (χ3v) is 5.36. The predicted octanol–water partition coefficient (Wildman–Crippen LogP) is 2.62. The Kier molecular flexibility index (Phi) is 3.28.